The number of methoxy groups -OCH3 is 1. The molecule has 2 aliphatic rings. The number of benzene rings is 4. The number of nitrogens with zero attached hydrogens (tertiary/aromatic N) is 6. The first kappa shape index (κ1) is 46.5. The SMILES string of the molecule is C.CC(C)N(C)c1nc2cc(C(=O)O)ccc2nc1-c1ccc2c(c1)OCCO2.COC(=O)c1ccc2nc(Cl)c(N(C)C(C)C)nc2c1.O[B]Oc1ccc2c(c1)OCCO2. The van der Waals surface area contributed by atoms with Crippen LogP contribution in [0, 0.1) is 0 Å². The summed E-state index contributed by atoms with van der Waals surface area (Å²) in [5.74, 6) is 3.16. The standard InChI is InChI=1S/C21H21N3O4.C14H16ClN3O2.C8H8BO4.CH4/c1-12(2)24(3)20-19(13-5-7-17-18(11-13)28-9-8-27-17)22-15-6-4-14(21(25)26)10-16(15)23-20;1-8(2)18(3)13-12(15)16-10-6-5-9(14(19)20-4)7-11(10)17-13;10-9-13-6-1-2-7-8(5-6)12-4-3-11-7;/h4-7,10-12H,8-9H2,1-3H3,(H,25,26);5-8H,1-4H3;1-2,5,10H,3-4H2;1H4. The summed E-state index contributed by atoms with van der Waals surface area (Å²) in [6, 6.07) is 21.0. The highest BCUT2D eigenvalue weighted by molar-refractivity contribution is 6.32. The number of ether oxygens (including phenoxy) is 5. The van der Waals surface area contributed by atoms with Crippen LogP contribution in [0.3, 0.4) is 0 Å². The molecule has 0 amide bonds. The van der Waals surface area contributed by atoms with Crippen molar-refractivity contribution in [2.24, 2.45) is 0 Å². The van der Waals surface area contributed by atoms with Gasteiger partial charge in [-0.15, -0.1) is 0 Å². The minimum absolute atomic E-state index is 0. The Morgan fingerprint density at radius 2 is 1.19 bits per heavy atom. The number of halogens is 1. The van der Waals surface area contributed by atoms with Gasteiger partial charge in [0.15, 0.2) is 39.8 Å². The van der Waals surface area contributed by atoms with Gasteiger partial charge in [0.05, 0.1) is 40.3 Å². The topological polar surface area (TPSA) is 188 Å². The van der Waals surface area contributed by atoms with E-state index in [2.05, 4.69) is 23.8 Å². The van der Waals surface area contributed by atoms with Crippen LogP contribution in [0.2, 0.25) is 5.15 Å². The zero-order valence-electron chi connectivity index (χ0n) is 34.7. The summed E-state index contributed by atoms with van der Waals surface area (Å²) >= 11 is 6.16. The smallest absolute Gasteiger partial charge is 0.537 e. The minimum Gasteiger partial charge on any atom is -0.537 e. The summed E-state index contributed by atoms with van der Waals surface area (Å²) in [6.07, 6.45) is 0. The molecule has 325 valence electrons. The largest absolute Gasteiger partial charge is 0.569 e. The van der Waals surface area contributed by atoms with E-state index in [4.69, 9.17) is 54.9 Å². The van der Waals surface area contributed by atoms with Gasteiger partial charge in [-0.1, -0.05) is 19.0 Å². The average Bonchev–Trinajstić information content (AvgIpc) is 3.27. The van der Waals surface area contributed by atoms with Crippen molar-refractivity contribution in [3.63, 3.8) is 0 Å². The Kier molecular flexibility index (Phi) is 15.6. The highest BCUT2D eigenvalue weighted by atomic mass is 35.5. The van der Waals surface area contributed by atoms with Gasteiger partial charge in [-0.05, 0) is 94.4 Å². The van der Waals surface area contributed by atoms with E-state index >= 15 is 0 Å². The molecule has 0 saturated carbocycles. The van der Waals surface area contributed by atoms with Crippen molar-refractivity contribution in [2.75, 3.05) is 57.4 Å². The Bertz CT molecular complexity index is 2550. The van der Waals surface area contributed by atoms with Crippen LogP contribution < -0.4 is 33.4 Å². The van der Waals surface area contributed by atoms with Crippen LogP contribution in [-0.4, -0.2) is 109 Å². The lowest BCUT2D eigenvalue weighted by atomic mass is 10.1. The van der Waals surface area contributed by atoms with E-state index in [0.29, 0.717) is 113 Å². The number of esters is 1. The number of rotatable bonds is 9. The molecular weight excluding hydrogens is 819 g/mol. The van der Waals surface area contributed by atoms with Gasteiger partial charge < -0.3 is 48.3 Å². The van der Waals surface area contributed by atoms with Gasteiger partial charge in [0.1, 0.15) is 37.9 Å². The Morgan fingerprint density at radius 3 is 1.77 bits per heavy atom. The van der Waals surface area contributed by atoms with Crippen molar-refractivity contribution >= 4 is 64.9 Å². The number of carbonyl (C=O) groups excluding carboxylic acids is 1. The molecule has 0 unspecified atom stereocenters. The van der Waals surface area contributed by atoms with Gasteiger partial charge in [0, 0.05) is 37.8 Å². The first-order valence-corrected chi connectivity index (χ1v) is 19.6. The van der Waals surface area contributed by atoms with Gasteiger partial charge in [-0.3, -0.25) is 0 Å². The highest BCUT2D eigenvalue weighted by Crippen LogP contribution is 2.38. The van der Waals surface area contributed by atoms with Crippen LogP contribution in [0.1, 0.15) is 55.8 Å². The third kappa shape index (κ3) is 10.8. The Balaban J connectivity index is 0.000000187. The van der Waals surface area contributed by atoms with E-state index in [9.17, 15) is 14.7 Å². The van der Waals surface area contributed by atoms with E-state index in [1.54, 1.807) is 54.6 Å². The summed E-state index contributed by atoms with van der Waals surface area (Å²) in [4.78, 5) is 45.2. The summed E-state index contributed by atoms with van der Waals surface area (Å²) < 4.78 is 31.4. The maximum absolute atomic E-state index is 11.5. The first-order chi connectivity index (χ1) is 29.3. The van der Waals surface area contributed by atoms with Gasteiger partial charge >= 0.3 is 19.6 Å². The predicted molar refractivity (Wildman–Crippen MR) is 239 cm³/mol. The lowest BCUT2D eigenvalue weighted by Crippen LogP contribution is -2.27. The fourth-order valence-electron chi connectivity index (χ4n) is 5.95. The Hall–Kier alpha value is -6.59. The molecular formula is C44H49BClN6O10. The Labute approximate surface area is 365 Å². The van der Waals surface area contributed by atoms with Crippen LogP contribution in [0.4, 0.5) is 11.6 Å². The van der Waals surface area contributed by atoms with Crippen molar-refractivity contribution in [3.8, 4) is 40.0 Å². The quantitative estimate of drug-likeness (QED) is 0.107. The zero-order valence-corrected chi connectivity index (χ0v) is 35.5. The molecule has 18 heteroatoms. The monoisotopic (exact) mass is 867 g/mol. The molecule has 2 aromatic heterocycles. The third-order valence-corrected chi connectivity index (χ3v) is 9.91. The van der Waals surface area contributed by atoms with E-state index in [-0.39, 0.29) is 25.1 Å². The van der Waals surface area contributed by atoms with Crippen molar-refractivity contribution in [1.82, 2.24) is 19.9 Å². The van der Waals surface area contributed by atoms with Crippen LogP contribution in [-0.2, 0) is 4.74 Å². The fourth-order valence-corrected chi connectivity index (χ4v) is 6.21. The first-order valence-electron chi connectivity index (χ1n) is 19.3. The second-order valence-corrected chi connectivity index (χ2v) is 14.6. The number of carbonyl (C=O) groups is 2. The predicted octanol–water partition coefficient (Wildman–Crippen LogP) is 7.52. The molecule has 8 rings (SSSR count). The molecule has 0 aliphatic carbocycles. The van der Waals surface area contributed by atoms with Gasteiger partial charge in [0.2, 0.25) is 0 Å². The second-order valence-electron chi connectivity index (χ2n) is 14.2. The van der Waals surface area contributed by atoms with Crippen molar-refractivity contribution in [2.45, 2.75) is 47.2 Å². The van der Waals surface area contributed by atoms with Crippen molar-refractivity contribution < 1.29 is 48.1 Å². The number of hydrogen-bond acceptors (Lipinski definition) is 15. The molecule has 0 fully saturated rings. The molecule has 1 radical (unpaired) electrons. The van der Waals surface area contributed by atoms with Gasteiger partial charge in [0.25, 0.3) is 0 Å². The summed E-state index contributed by atoms with van der Waals surface area (Å²) in [7, 11) is 5.82. The van der Waals surface area contributed by atoms with Crippen LogP contribution >= 0.6 is 11.6 Å². The summed E-state index contributed by atoms with van der Waals surface area (Å²) in [6.45, 7) is 10.4. The fraction of sp³-hybridized carbons (Fsp3) is 0.318. The van der Waals surface area contributed by atoms with E-state index in [1.165, 1.54) is 7.11 Å². The highest BCUT2D eigenvalue weighted by Gasteiger charge is 2.21. The maximum atomic E-state index is 11.5. The average molecular weight is 868 g/mol. The van der Waals surface area contributed by atoms with Gasteiger partial charge in [-0.2, -0.15) is 0 Å². The lowest BCUT2D eigenvalue weighted by Gasteiger charge is -2.25. The molecule has 2 N–H and O–H groups in total. The number of aromatic carboxylic acids is 1. The number of fused-ring (bicyclic) bond motifs is 4. The number of aromatic nitrogens is 4. The molecule has 6 aromatic rings. The van der Waals surface area contributed by atoms with Crippen LogP contribution in [0.15, 0.2) is 72.8 Å². The maximum Gasteiger partial charge on any atom is 0.569 e. The van der Waals surface area contributed by atoms with Crippen molar-refractivity contribution in [1.29, 1.82) is 0 Å². The zero-order chi connectivity index (χ0) is 43.8. The van der Waals surface area contributed by atoms with Crippen LogP contribution in [0.25, 0.3) is 33.3 Å². The molecule has 4 heterocycles. The Morgan fingerprint density at radius 1 is 0.677 bits per heavy atom. The van der Waals surface area contributed by atoms with Gasteiger partial charge in [-0.25, -0.2) is 29.5 Å². The molecule has 62 heavy (non-hydrogen) atoms. The van der Waals surface area contributed by atoms with E-state index < -0.39 is 11.9 Å². The molecule has 0 spiro atoms. The number of carboxylic acid groups (broad SMARTS) is 1. The van der Waals surface area contributed by atoms with Crippen molar-refractivity contribution in [3.05, 3.63) is 89.1 Å². The third-order valence-electron chi connectivity index (χ3n) is 9.65. The number of anilines is 2. The molecule has 4 aromatic carbocycles. The normalized spacial score (nSPS) is 12.2. The molecule has 2 aliphatic heterocycles. The molecule has 0 atom stereocenters. The molecule has 0 bridgehead atoms. The second kappa shape index (κ2) is 20.8. The number of carboxylic acids is 1. The van der Waals surface area contributed by atoms with Crippen LogP contribution in [0.5, 0.6) is 28.7 Å². The summed E-state index contributed by atoms with van der Waals surface area (Å²) in [5.41, 5.74) is 4.64. The van der Waals surface area contributed by atoms with E-state index in [1.807, 2.05) is 55.9 Å². The number of hydrogen-bond donors (Lipinski definition) is 2. The molecule has 16 nitrogen and oxygen atoms in total. The molecule has 0 saturated heterocycles. The lowest BCUT2D eigenvalue weighted by molar-refractivity contribution is 0.0600. The summed E-state index contributed by atoms with van der Waals surface area (Å²) in [5, 5.41) is 18.0. The minimum atomic E-state index is -0.988. The van der Waals surface area contributed by atoms with E-state index in [0.717, 1.165) is 5.56 Å².